The van der Waals surface area contributed by atoms with Gasteiger partial charge in [0.1, 0.15) is 25.4 Å². The lowest BCUT2D eigenvalue weighted by atomic mass is 10.0. The molecule has 0 aliphatic carbocycles. The third-order valence-corrected chi connectivity index (χ3v) is 18.1. The summed E-state index contributed by atoms with van der Waals surface area (Å²) in [5, 5.41) is 20.6. The Kier molecular flexibility index (Phi) is 73.2. The SMILES string of the molecule is CC/C=C\C/C=C\C/C=C\C/C=C\C/C=C\C/C=C\CCCCCCCCCCCCCCCCCCC(=O)OCC(O)COP(=O)(O)OCC(O)COP(=O)(O)OCC(COC(=O)CC/C=C\C/C=C\C/C=C\C/C=C\C/C=C\C/C=C\CC)OC(=O)CCCCCCC/C=C\CCCCCC. The topological polar surface area (TPSA) is 231 Å². The Bertz CT molecular complexity index is 2500. The molecule has 5 atom stereocenters. The van der Waals surface area contributed by atoms with Crippen LogP contribution in [0.25, 0.3) is 0 Å². The molecule has 0 aromatic carbocycles. The molecule has 16 nitrogen and oxygen atoms in total. The van der Waals surface area contributed by atoms with Crippen molar-refractivity contribution in [1.82, 2.24) is 0 Å². The van der Waals surface area contributed by atoms with Gasteiger partial charge in [-0.3, -0.25) is 32.5 Å². The molecule has 4 N–H and O–H groups in total. The van der Waals surface area contributed by atoms with E-state index in [4.69, 9.17) is 32.3 Å². The maximum atomic E-state index is 12.9. The Balaban J connectivity index is 4.43. The van der Waals surface area contributed by atoms with E-state index in [1.165, 1.54) is 109 Å². The van der Waals surface area contributed by atoms with Gasteiger partial charge in [-0.1, -0.05) is 307 Å². The number of ether oxygens (including phenoxy) is 3. The van der Waals surface area contributed by atoms with Crippen LogP contribution in [0.4, 0.5) is 0 Å². The largest absolute Gasteiger partial charge is 0.472 e. The smallest absolute Gasteiger partial charge is 0.463 e. The van der Waals surface area contributed by atoms with Gasteiger partial charge in [0.25, 0.3) is 0 Å². The van der Waals surface area contributed by atoms with Gasteiger partial charge in [-0.25, -0.2) is 9.13 Å². The zero-order valence-corrected chi connectivity index (χ0v) is 66.0. The second-order valence-corrected chi connectivity index (χ2v) is 29.0. The number of esters is 3. The summed E-state index contributed by atoms with van der Waals surface area (Å²) in [6, 6.07) is 0. The molecule has 0 saturated carbocycles. The number of aliphatic hydroxyl groups is 2. The number of carbonyl (C=O) groups is 3. The average Bonchev–Trinajstić information content (AvgIpc) is 0.925. The first-order valence-corrected chi connectivity index (χ1v) is 42.8. The van der Waals surface area contributed by atoms with Crippen molar-refractivity contribution in [2.24, 2.45) is 0 Å². The number of carbonyl (C=O) groups excluding carboxylic acids is 3. The van der Waals surface area contributed by atoms with Crippen molar-refractivity contribution in [2.75, 3.05) is 39.6 Å². The second-order valence-electron chi connectivity index (χ2n) is 26.1. The third-order valence-electron chi connectivity index (χ3n) is 16.2. The maximum absolute atomic E-state index is 12.9. The number of allylic oxidation sites excluding steroid dienone is 26. The summed E-state index contributed by atoms with van der Waals surface area (Å²) in [5.74, 6) is -1.69. The normalized spacial score (nSPS) is 14.8. The van der Waals surface area contributed by atoms with E-state index in [-0.39, 0.29) is 19.3 Å². The molecular weight excluding hydrogens is 1340 g/mol. The summed E-state index contributed by atoms with van der Waals surface area (Å²) in [7, 11) is -9.81. The highest BCUT2D eigenvalue weighted by atomic mass is 31.2. The Labute approximate surface area is 625 Å². The minimum atomic E-state index is -4.95. The highest BCUT2D eigenvalue weighted by Gasteiger charge is 2.29. The summed E-state index contributed by atoms with van der Waals surface area (Å²) < 4.78 is 61.0. The zero-order chi connectivity index (χ0) is 75.2. The van der Waals surface area contributed by atoms with Crippen molar-refractivity contribution in [3.8, 4) is 0 Å². The molecule has 0 aromatic rings. The third kappa shape index (κ3) is 78.1. The number of aliphatic hydroxyl groups excluding tert-OH is 2. The average molecular weight is 1480 g/mol. The minimum absolute atomic E-state index is 0.0405. The van der Waals surface area contributed by atoms with Gasteiger partial charge in [-0.05, 0) is 135 Å². The molecule has 103 heavy (non-hydrogen) atoms. The van der Waals surface area contributed by atoms with Crippen LogP contribution in [0.15, 0.2) is 158 Å². The van der Waals surface area contributed by atoms with Gasteiger partial charge in [0.2, 0.25) is 0 Å². The van der Waals surface area contributed by atoms with Gasteiger partial charge in [0, 0.05) is 19.3 Å². The van der Waals surface area contributed by atoms with Gasteiger partial charge in [-0.15, -0.1) is 0 Å². The predicted octanol–water partition coefficient (Wildman–Crippen LogP) is 23.4. The molecule has 0 amide bonds. The fourth-order valence-electron chi connectivity index (χ4n) is 10.2. The summed E-state index contributed by atoms with van der Waals surface area (Å²) in [4.78, 5) is 58.5. The van der Waals surface area contributed by atoms with Crippen molar-refractivity contribution in [3.05, 3.63) is 158 Å². The van der Waals surface area contributed by atoms with Crippen LogP contribution in [-0.2, 0) is 55.8 Å². The molecule has 0 aromatic heterocycles. The van der Waals surface area contributed by atoms with Crippen LogP contribution in [-0.4, -0.2) is 95.9 Å². The van der Waals surface area contributed by atoms with E-state index in [0.29, 0.717) is 25.7 Å². The molecule has 0 rings (SSSR count). The van der Waals surface area contributed by atoms with Gasteiger partial charge >= 0.3 is 33.6 Å². The van der Waals surface area contributed by atoms with Crippen molar-refractivity contribution in [3.63, 3.8) is 0 Å². The van der Waals surface area contributed by atoms with Crippen molar-refractivity contribution in [2.45, 2.75) is 322 Å². The molecule has 5 unspecified atom stereocenters. The molecule has 588 valence electrons. The van der Waals surface area contributed by atoms with Gasteiger partial charge < -0.3 is 34.2 Å². The lowest BCUT2D eigenvalue weighted by molar-refractivity contribution is -0.161. The molecule has 0 heterocycles. The number of unbranched alkanes of at least 4 members (excludes halogenated alkanes) is 25. The van der Waals surface area contributed by atoms with E-state index in [1.54, 1.807) is 0 Å². The van der Waals surface area contributed by atoms with Gasteiger partial charge in [0.05, 0.1) is 26.4 Å². The quantitative estimate of drug-likeness (QED) is 0.0146. The number of phosphoric ester groups is 2. The summed E-state index contributed by atoms with van der Waals surface area (Å²) in [6.07, 6.45) is 96.2. The van der Waals surface area contributed by atoms with Crippen LogP contribution in [0.3, 0.4) is 0 Å². The number of hydrogen-bond acceptors (Lipinski definition) is 14. The Hall–Kier alpha value is -4.83. The maximum Gasteiger partial charge on any atom is 0.472 e. The van der Waals surface area contributed by atoms with Crippen molar-refractivity contribution >= 4 is 33.6 Å². The number of phosphoric acid groups is 2. The molecule has 0 spiro atoms. The standard InChI is InChI=1S/C85H142O16P2/c1-4-7-10-13-16-19-22-25-27-29-31-32-33-34-35-36-37-38-39-40-41-42-43-44-45-46-48-50-51-54-56-59-62-65-68-71-83(88)95-74-80(86)75-97-102(91,92)98-76-81(87)77-99-103(93,94)100-79-82(101-85(90)73-70-67-64-61-58-53-24-21-18-15-12-9-6-3)78-96-84(89)72-69-66-63-60-57-55-52-49-47-30-28-26-23-20-17-14-11-8-5-2/h7-8,10-11,16-17,19-21,24-28,31-32,34-35,37-38,47,49,55,57,63,66,80-82,86-87H,4-6,9,12-15,18,22-23,29-30,33,36,39-46,48,50-54,56,58-62,64-65,67-79H2,1-3H3,(H,91,92)(H,93,94)/b10-7-,11-8-,19-16-,20-17-,24-21-,27-25-,28-26-,32-31-,35-34-,38-37-,49-47-,57-55-,66-63-. The Morgan fingerprint density at radius 1 is 0.282 bits per heavy atom. The Morgan fingerprint density at radius 3 is 0.883 bits per heavy atom. The van der Waals surface area contributed by atoms with E-state index in [0.717, 1.165) is 128 Å². The van der Waals surface area contributed by atoms with Crippen molar-refractivity contribution < 1.29 is 75.8 Å². The molecule has 0 fully saturated rings. The van der Waals surface area contributed by atoms with E-state index in [2.05, 4.69) is 161 Å². The van der Waals surface area contributed by atoms with Crippen LogP contribution >= 0.6 is 15.6 Å². The van der Waals surface area contributed by atoms with Crippen molar-refractivity contribution in [1.29, 1.82) is 0 Å². The van der Waals surface area contributed by atoms with Crippen LogP contribution in [0.1, 0.15) is 303 Å². The summed E-state index contributed by atoms with van der Waals surface area (Å²) in [5.41, 5.74) is 0. The summed E-state index contributed by atoms with van der Waals surface area (Å²) in [6.45, 7) is 2.33. The molecular formula is C85H142O16P2. The molecule has 0 saturated heterocycles. The molecule has 0 radical (unpaired) electrons. The number of rotatable bonds is 74. The second kappa shape index (κ2) is 76.8. The first kappa shape index (κ1) is 98.2. The summed E-state index contributed by atoms with van der Waals surface area (Å²) >= 11 is 0. The predicted molar refractivity (Wildman–Crippen MR) is 426 cm³/mol. The first-order valence-electron chi connectivity index (χ1n) is 39.8. The van der Waals surface area contributed by atoms with Gasteiger partial charge in [-0.2, -0.15) is 0 Å². The monoisotopic (exact) mass is 1480 g/mol. The molecule has 0 aliphatic heterocycles. The lowest BCUT2D eigenvalue weighted by Crippen LogP contribution is -2.30. The van der Waals surface area contributed by atoms with Crippen LogP contribution in [0.2, 0.25) is 0 Å². The Morgan fingerprint density at radius 2 is 0.534 bits per heavy atom. The first-order chi connectivity index (χ1) is 50.2. The fourth-order valence-corrected chi connectivity index (χ4v) is 11.8. The minimum Gasteiger partial charge on any atom is -0.463 e. The highest BCUT2D eigenvalue weighted by molar-refractivity contribution is 7.47. The van der Waals surface area contributed by atoms with Gasteiger partial charge in [0.15, 0.2) is 6.10 Å². The lowest BCUT2D eigenvalue weighted by Gasteiger charge is -2.21. The van der Waals surface area contributed by atoms with E-state index >= 15 is 0 Å². The number of hydrogen-bond donors (Lipinski definition) is 4. The van der Waals surface area contributed by atoms with E-state index in [9.17, 15) is 43.5 Å². The van der Waals surface area contributed by atoms with Crippen LogP contribution in [0, 0.1) is 0 Å². The van der Waals surface area contributed by atoms with E-state index in [1.807, 2.05) is 18.2 Å². The fraction of sp³-hybridized carbons (Fsp3) is 0.659. The highest BCUT2D eigenvalue weighted by Crippen LogP contribution is 2.45. The molecule has 18 heteroatoms. The van der Waals surface area contributed by atoms with Crippen LogP contribution < -0.4 is 0 Å². The molecule has 0 bridgehead atoms. The molecule has 0 aliphatic rings. The zero-order valence-electron chi connectivity index (χ0n) is 64.2. The van der Waals surface area contributed by atoms with Crippen LogP contribution in [0.5, 0.6) is 0 Å². The van der Waals surface area contributed by atoms with E-state index < -0.39 is 91.5 Å².